The molecule has 0 amide bonds. The van der Waals surface area contributed by atoms with Gasteiger partial charge in [0.15, 0.2) is 0 Å². The molecule has 1 atom stereocenters. The summed E-state index contributed by atoms with van der Waals surface area (Å²) in [6, 6.07) is 5.84. The molecule has 0 heterocycles. The molecule has 1 N–H and O–H groups in total. The van der Waals surface area contributed by atoms with Crippen molar-refractivity contribution in [2.75, 3.05) is 6.61 Å². The van der Waals surface area contributed by atoms with E-state index in [-0.39, 0.29) is 0 Å². The van der Waals surface area contributed by atoms with Crippen molar-refractivity contribution >= 4 is 0 Å². The van der Waals surface area contributed by atoms with Gasteiger partial charge in [0.25, 0.3) is 0 Å². The first-order valence-electron chi connectivity index (χ1n) is 5.17. The van der Waals surface area contributed by atoms with Crippen LogP contribution in [0.2, 0.25) is 0 Å². The molecule has 1 rings (SSSR count). The molecule has 82 valence electrons. The minimum Gasteiger partial charge on any atom is -0.489 e. The molecule has 1 aromatic carbocycles. The Labute approximate surface area is 91.2 Å². The molecule has 1 aromatic rings. The molecule has 0 aromatic heterocycles. The Hall–Kier alpha value is -1.28. The minimum atomic E-state index is -0.495. The lowest BCUT2D eigenvalue weighted by atomic mass is 10.1. The van der Waals surface area contributed by atoms with Crippen LogP contribution in [-0.2, 0) is 0 Å². The second-order valence-corrected chi connectivity index (χ2v) is 3.60. The predicted molar refractivity (Wildman–Crippen MR) is 62.1 cm³/mol. The third kappa shape index (κ3) is 3.40. The topological polar surface area (TPSA) is 29.5 Å². The van der Waals surface area contributed by atoms with E-state index in [2.05, 4.69) is 0 Å². The van der Waals surface area contributed by atoms with Crippen molar-refractivity contribution in [3.8, 4) is 5.75 Å². The van der Waals surface area contributed by atoms with Crippen LogP contribution in [0.25, 0.3) is 0 Å². The number of rotatable bonds is 4. The Morgan fingerprint density at radius 2 is 2.20 bits per heavy atom. The zero-order valence-electron chi connectivity index (χ0n) is 9.53. The van der Waals surface area contributed by atoms with Crippen LogP contribution < -0.4 is 4.74 Å². The summed E-state index contributed by atoms with van der Waals surface area (Å²) in [6.45, 7) is 6.24. The number of aliphatic hydroxyl groups excluding tert-OH is 1. The monoisotopic (exact) mass is 206 g/mol. The van der Waals surface area contributed by atoms with Crippen molar-refractivity contribution < 1.29 is 9.84 Å². The summed E-state index contributed by atoms with van der Waals surface area (Å²) < 4.78 is 5.55. The summed E-state index contributed by atoms with van der Waals surface area (Å²) in [4.78, 5) is 0. The average Bonchev–Trinajstić information content (AvgIpc) is 2.20. The van der Waals surface area contributed by atoms with E-state index >= 15 is 0 Å². The summed E-state index contributed by atoms with van der Waals surface area (Å²) in [6.07, 6.45) is 3.38. The van der Waals surface area contributed by atoms with E-state index in [0.29, 0.717) is 6.61 Å². The molecule has 0 aliphatic rings. The highest BCUT2D eigenvalue weighted by atomic mass is 16.5. The zero-order valence-corrected chi connectivity index (χ0v) is 9.53. The van der Waals surface area contributed by atoms with Gasteiger partial charge in [0.2, 0.25) is 0 Å². The Bertz CT molecular complexity index is 340. The summed E-state index contributed by atoms with van der Waals surface area (Å²) in [5.74, 6) is 0.758. The fourth-order valence-corrected chi connectivity index (χ4v) is 1.36. The SMILES string of the molecule is CC=CCOc1ccc(C)cc1[C@H](C)O. The van der Waals surface area contributed by atoms with Crippen molar-refractivity contribution in [1.82, 2.24) is 0 Å². The Balaban J connectivity index is 2.85. The van der Waals surface area contributed by atoms with Crippen LogP contribution in [0, 0.1) is 6.92 Å². The number of benzene rings is 1. The van der Waals surface area contributed by atoms with Crippen LogP contribution in [0.5, 0.6) is 5.75 Å². The smallest absolute Gasteiger partial charge is 0.125 e. The number of aliphatic hydroxyl groups is 1. The first kappa shape index (κ1) is 11.8. The molecule has 0 saturated carbocycles. The van der Waals surface area contributed by atoms with Crippen molar-refractivity contribution in [2.24, 2.45) is 0 Å². The molecule has 2 heteroatoms. The lowest BCUT2D eigenvalue weighted by molar-refractivity contribution is 0.193. The lowest BCUT2D eigenvalue weighted by Gasteiger charge is -2.13. The molecule has 0 aliphatic heterocycles. The van der Waals surface area contributed by atoms with Crippen LogP contribution in [0.15, 0.2) is 30.4 Å². The maximum atomic E-state index is 9.59. The van der Waals surface area contributed by atoms with Gasteiger partial charge >= 0.3 is 0 Å². The second kappa shape index (κ2) is 5.56. The van der Waals surface area contributed by atoms with Crippen molar-refractivity contribution in [3.05, 3.63) is 41.5 Å². The van der Waals surface area contributed by atoms with Gasteiger partial charge in [-0.2, -0.15) is 0 Å². The molecule has 0 aliphatic carbocycles. The number of ether oxygens (including phenoxy) is 1. The number of allylic oxidation sites excluding steroid dienone is 1. The highest BCUT2D eigenvalue weighted by Gasteiger charge is 2.08. The maximum absolute atomic E-state index is 9.59. The molecule has 0 spiro atoms. The summed E-state index contributed by atoms with van der Waals surface area (Å²) >= 11 is 0. The molecule has 0 unspecified atom stereocenters. The highest BCUT2D eigenvalue weighted by Crippen LogP contribution is 2.26. The van der Waals surface area contributed by atoms with Crippen LogP contribution in [0.3, 0.4) is 0 Å². The van der Waals surface area contributed by atoms with Gasteiger partial charge in [-0.1, -0.05) is 23.8 Å². The number of hydrogen-bond donors (Lipinski definition) is 1. The van der Waals surface area contributed by atoms with E-state index < -0.39 is 6.10 Å². The third-order valence-corrected chi connectivity index (χ3v) is 2.19. The van der Waals surface area contributed by atoms with Gasteiger partial charge < -0.3 is 9.84 Å². The van der Waals surface area contributed by atoms with E-state index in [0.717, 1.165) is 16.9 Å². The number of aryl methyl sites for hydroxylation is 1. The van der Waals surface area contributed by atoms with E-state index in [4.69, 9.17) is 4.74 Å². The van der Waals surface area contributed by atoms with E-state index in [9.17, 15) is 5.11 Å². The van der Waals surface area contributed by atoms with Gasteiger partial charge in [-0.25, -0.2) is 0 Å². The van der Waals surface area contributed by atoms with Gasteiger partial charge in [-0.05, 0) is 32.9 Å². The lowest BCUT2D eigenvalue weighted by Crippen LogP contribution is -2.00. The summed E-state index contributed by atoms with van der Waals surface area (Å²) in [5.41, 5.74) is 1.98. The van der Waals surface area contributed by atoms with Gasteiger partial charge in [-0.15, -0.1) is 0 Å². The molecular weight excluding hydrogens is 188 g/mol. The van der Waals surface area contributed by atoms with Gasteiger partial charge in [0.05, 0.1) is 6.10 Å². The number of hydrogen-bond acceptors (Lipinski definition) is 2. The van der Waals surface area contributed by atoms with Crippen molar-refractivity contribution in [2.45, 2.75) is 26.9 Å². The quantitative estimate of drug-likeness (QED) is 0.767. The summed E-state index contributed by atoms with van der Waals surface area (Å²) in [5, 5.41) is 9.59. The molecule has 0 radical (unpaired) electrons. The van der Waals surface area contributed by atoms with Crippen LogP contribution in [0.4, 0.5) is 0 Å². The van der Waals surface area contributed by atoms with E-state index in [1.165, 1.54) is 0 Å². The normalized spacial score (nSPS) is 13.1. The largest absolute Gasteiger partial charge is 0.489 e. The van der Waals surface area contributed by atoms with Crippen LogP contribution >= 0.6 is 0 Å². The molecular formula is C13H18O2. The standard InChI is InChI=1S/C13H18O2/c1-4-5-8-15-13-7-6-10(2)9-12(13)11(3)14/h4-7,9,11,14H,8H2,1-3H3/t11-/m0/s1. The van der Waals surface area contributed by atoms with Gasteiger partial charge in [0, 0.05) is 5.56 Å². The Morgan fingerprint density at radius 3 is 2.80 bits per heavy atom. The van der Waals surface area contributed by atoms with Gasteiger partial charge in [-0.3, -0.25) is 0 Å². The van der Waals surface area contributed by atoms with E-state index in [1.54, 1.807) is 6.92 Å². The first-order chi connectivity index (χ1) is 7.15. The fourth-order valence-electron chi connectivity index (χ4n) is 1.36. The molecule has 15 heavy (non-hydrogen) atoms. The third-order valence-electron chi connectivity index (χ3n) is 2.19. The minimum absolute atomic E-state index is 0.495. The Kier molecular flexibility index (Phi) is 4.37. The first-order valence-corrected chi connectivity index (χ1v) is 5.17. The molecule has 0 fully saturated rings. The molecule has 2 nitrogen and oxygen atoms in total. The fraction of sp³-hybridized carbons (Fsp3) is 0.385. The predicted octanol–water partition coefficient (Wildman–Crippen LogP) is 3.00. The van der Waals surface area contributed by atoms with Gasteiger partial charge in [0.1, 0.15) is 12.4 Å². The average molecular weight is 206 g/mol. The Morgan fingerprint density at radius 1 is 1.47 bits per heavy atom. The summed E-state index contributed by atoms with van der Waals surface area (Å²) in [7, 11) is 0. The zero-order chi connectivity index (χ0) is 11.3. The van der Waals surface area contributed by atoms with Crippen LogP contribution in [-0.4, -0.2) is 11.7 Å². The van der Waals surface area contributed by atoms with Crippen molar-refractivity contribution in [3.63, 3.8) is 0 Å². The second-order valence-electron chi connectivity index (χ2n) is 3.60. The van der Waals surface area contributed by atoms with E-state index in [1.807, 2.05) is 44.2 Å². The highest BCUT2D eigenvalue weighted by molar-refractivity contribution is 5.38. The van der Waals surface area contributed by atoms with Crippen LogP contribution in [0.1, 0.15) is 31.1 Å². The maximum Gasteiger partial charge on any atom is 0.125 e. The molecule has 0 bridgehead atoms. The van der Waals surface area contributed by atoms with Crippen molar-refractivity contribution in [1.29, 1.82) is 0 Å². The molecule has 0 saturated heterocycles.